The maximum Gasteiger partial charge on any atom is 0.274 e. The summed E-state index contributed by atoms with van der Waals surface area (Å²) in [6.07, 6.45) is 2.35. The van der Waals surface area contributed by atoms with Gasteiger partial charge in [-0.05, 0) is 19.7 Å². The van der Waals surface area contributed by atoms with Gasteiger partial charge in [0, 0.05) is 19.3 Å². The number of ether oxygens (including phenoxy) is 1. The Hall–Kier alpha value is -2.51. The lowest BCUT2D eigenvalue weighted by Gasteiger charge is -2.42. The van der Waals surface area contributed by atoms with Crippen LogP contribution < -0.4 is 5.56 Å². The summed E-state index contributed by atoms with van der Waals surface area (Å²) in [5.74, 6) is -0.211. The summed E-state index contributed by atoms with van der Waals surface area (Å²) in [5, 5.41) is 0. The Labute approximate surface area is 146 Å². The zero-order valence-corrected chi connectivity index (χ0v) is 14.4. The molecule has 7 nitrogen and oxygen atoms in total. The van der Waals surface area contributed by atoms with Crippen LogP contribution in [0.3, 0.4) is 0 Å². The minimum Gasteiger partial charge on any atom is -0.373 e. The second kappa shape index (κ2) is 7.58. The minimum atomic E-state index is -0.330. The molecule has 3 rings (SSSR count). The number of hydrogen-bond donors (Lipinski definition) is 1. The summed E-state index contributed by atoms with van der Waals surface area (Å²) >= 11 is 0. The van der Waals surface area contributed by atoms with Gasteiger partial charge in [0.15, 0.2) is 0 Å². The van der Waals surface area contributed by atoms with E-state index >= 15 is 0 Å². The summed E-state index contributed by atoms with van der Waals surface area (Å²) in [4.78, 5) is 34.5. The van der Waals surface area contributed by atoms with E-state index in [2.05, 4.69) is 9.97 Å². The Morgan fingerprint density at radius 2 is 2.12 bits per heavy atom. The number of carbonyl (C=O) groups is 1. The number of hydrogen-bond acceptors (Lipinski definition) is 5. The standard InChI is InChI=1S/C18H22N4O3/c1-21(2)12-15-17(13-6-4-3-5-7-13)22(8-9-25-15)18(24)14-10-20-16(23)11-19-14/h3-7,10-11,15,17H,8-9,12H2,1-2H3,(H,20,23)/t15-,17-/m0/s1. The summed E-state index contributed by atoms with van der Waals surface area (Å²) < 4.78 is 5.98. The van der Waals surface area contributed by atoms with Crippen LogP contribution in [0.1, 0.15) is 22.1 Å². The highest BCUT2D eigenvalue weighted by atomic mass is 16.5. The zero-order valence-electron chi connectivity index (χ0n) is 14.4. The number of benzene rings is 1. The van der Waals surface area contributed by atoms with E-state index in [-0.39, 0.29) is 29.3 Å². The van der Waals surface area contributed by atoms with Gasteiger partial charge in [-0.25, -0.2) is 4.98 Å². The lowest BCUT2D eigenvalue weighted by molar-refractivity contribution is -0.0686. The molecule has 0 aliphatic carbocycles. The fourth-order valence-electron chi connectivity index (χ4n) is 3.12. The molecule has 2 atom stereocenters. The van der Waals surface area contributed by atoms with Crippen molar-refractivity contribution in [2.75, 3.05) is 33.8 Å². The lowest BCUT2D eigenvalue weighted by Crippen LogP contribution is -2.51. The van der Waals surface area contributed by atoms with E-state index in [0.717, 1.165) is 11.8 Å². The molecule has 1 aliphatic rings. The van der Waals surface area contributed by atoms with Gasteiger partial charge in [-0.2, -0.15) is 0 Å². The van der Waals surface area contributed by atoms with Crippen molar-refractivity contribution in [3.8, 4) is 0 Å². The Bertz CT molecular complexity index is 755. The topological polar surface area (TPSA) is 78.5 Å². The van der Waals surface area contributed by atoms with Crippen LogP contribution in [0.2, 0.25) is 0 Å². The predicted molar refractivity (Wildman–Crippen MR) is 93.4 cm³/mol. The van der Waals surface area contributed by atoms with Crippen LogP contribution in [0.5, 0.6) is 0 Å². The average molecular weight is 342 g/mol. The molecule has 2 aromatic rings. The first-order valence-electron chi connectivity index (χ1n) is 8.23. The smallest absolute Gasteiger partial charge is 0.274 e. The van der Waals surface area contributed by atoms with E-state index in [4.69, 9.17) is 4.74 Å². The molecule has 1 aliphatic heterocycles. The Morgan fingerprint density at radius 1 is 1.36 bits per heavy atom. The van der Waals surface area contributed by atoms with Crippen LogP contribution in [0.15, 0.2) is 47.5 Å². The third-order valence-electron chi connectivity index (χ3n) is 4.19. The molecular formula is C18H22N4O3. The molecule has 1 N–H and O–H groups in total. The van der Waals surface area contributed by atoms with Gasteiger partial charge in [0.05, 0.1) is 24.9 Å². The molecule has 0 saturated carbocycles. The first-order chi connectivity index (χ1) is 12.1. The van der Waals surface area contributed by atoms with Crippen molar-refractivity contribution in [2.24, 2.45) is 0 Å². The molecule has 132 valence electrons. The highest BCUT2D eigenvalue weighted by Crippen LogP contribution is 2.31. The number of morpholine rings is 1. The Kier molecular flexibility index (Phi) is 5.25. The summed E-state index contributed by atoms with van der Waals surface area (Å²) in [6.45, 7) is 1.64. The van der Waals surface area contributed by atoms with Gasteiger partial charge < -0.3 is 19.5 Å². The average Bonchev–Trinajstić information content (AvgIpc) is 2.62. The van der Waals surface area contributed by atoms with Crippen LogP contribution in [0.4, 0.5) is 0 Å². The Balaban J connectivity index is 1.95. The molecule has 0 unspecified atom stereocenters. The van der Waals surface area contributed by atoms with Crippen molar-refractivity contribution in [1.82, 2.24) is 19.8 Å². The summed E-state index contributed by atoms with van der Waals surface area (Å²) in [6, 6.07) is 9.66. The number of likely N-dealkylation sites (N-methyl/N-ethyl adjacent to an activating group) is 1. The van der Waals surface area contributed by atoms with Crippen LogP contribution in [-0.2, 0) is 4.74 Å². The van der Waals surface area contributed by atoms with E-state index in [1.165, 1.54) is 6.20 Å². The molecular weight excluding hydrogens is 320 g/mol. The van der Waals surface area contributed by atoms with Crippen molar-refractivity contribution < 1.29 is 9.53 Å². The molecule has 7 heteroatoms. The SMILES string of the molecule is CN(C)C[C@@H]1OCCN(C(=O)c2c[nH]c(=O)cn2)[C@H]1c1ccccc1. The fraction of sp³-hybridized carbons (Fsp3) is 0.389. The van der Waals surface area contributed by atoms with Crippen molar-refractivity contribution >= 4 is 5.91 Å². The molecule has 2 heterocycles. The summed E-state index contributed by atoms with van der Waals surface area (Å²) in [5.41, 5.74) is 0.918. The number of rotatable bonds is 4. The van der Waals surface area contributed by atoms with Gasteiger partial charge in [-0.15, -0.1) is 0 Å². The number of aromatic amines is 1. The van der Waals surface area contributed by atoms with E-state index in [9.17, 15) is 9.59 Å². The van der Waals surface area contributed by atoms with Crippen molar-refractivity contribution in [3.05, 3.63) is 64.3 Å². The van der Waals surface area contributed by atoms with E-state index < -0.39 is 0 Å². The van der Waals surface area contributed by atoms with Crippen LogP contribution in [-0.4, -0.2) is 65.6 Å². The highest BCUT2D eigenvalue weighted by Gasteiger charge is 2.37. The zero-order chi connectivity index (χ0) is 17.8. The van der Waals surface area contributed by atoms with Crippen molar-refractivity contribution in [2.45, 2.75) is 12.1 Å². The first kappa shape index (κ1) is 17.3. The second-order valence-electron chi connectivity index (χ2n) is 6.32. The highest BCUT2D eigenvalue weighted by molar-refractivity contribution is 5.92. The van der Waals surface area contributed by atoms with Crippen molar-refractivity contribution in [1.29, 1.82) is 0 Å². The van der Waals surface area contributed by atoms with E-state index in [0.29, 0.717) is 19.7 Å². The quantitative estimate of drug-likeness (QED) is 0.894. The molecule has 25 heavy (non-hydrogen) atoms. The molecule has 1 saturated heterocycles. The third-order valence-corrected chi connectivity index (χ3v) is 4.19. The molecule has 1 aromatic heterocycles. The molecule has 1 fully saturated rings. The van der Waals surface area contributed by atoms with Gasteiger partial charge in [0.2, 0.25) is 0 Å². The number of carbonyl (C=O) groups excluding carboxylic acids is 1. The monoisotopic (exact) mass is 342 g/mol. The second-order valence-corrected chi connectivity index (χ2v) is 6.32. The van der Waals surface area contributed by atoms with Crippen LogP contribution >= 0.6 is 0 Å². The third kappa shape index (κ3) is 3.94. The van der Waals surface area contributed by atoms with E-state index in [1.807, 2.05) is 49.3 Å². The number of amides is 1. The largest absolute Gasteiger partial charge is 0.373 e. The number of H-pyrrole nitrogens is 1. The van der Waals surface area contributed by atoms with Crippen LogP contribution in [0.25, 0.3) is 0 Å². The fourth-order valence-corrected chi connectivity index (χ4v) is 3.12. The first-order valence-corrected chi connectivity index (χ1v) is 8.23. The molecule has 0 spiro atoms. The predicted octanol–water partition coefficient (Wildman–Crippen LogP) is 0.914. The van der Waals surface area contributed by atoms with E-state index in [1.54, 1.807) is 4.90 Å². The molecule has 0 bridgehead atoms. The maximum absolute atomic E-state index is 13.0. The normalized spacial score (nSPS) is 20.7. The molecule has 0 radical (unpaired) electrons. The van der Waals surface area contributed by atoms with Gasteiger partial charge in [-0.3, -0.25) is 9.59 Å². The summed E-state index contributed by atoms with van der Waals surface area (Å²) in [7, 11) is 3.96. The molecule has 1 amide bonds. The molecule has 1 aromatic carbocycles. The van der Waals surface area contributed by atoms with Gasteiger partial charge >= 0.3 is 0 Å². The maximum atomic E-state index is 13.0. The number of nitrogens with one attached hydrogen (secondary N) is 1. The minimum absolute atomic E-state index is 0.141. The lowest BCUT2D eigenvalue weighted by atomic mass is 9.97. The van der Waals surface area contributed by atoms with Gasteiger partial charge in [0.1, 0.15) is 5.69 Å². The van der Waals surface area contributed by atoms with Crippen molar-refractivity contribution in [3.63, 3.8) is 0 Å². The number of nitrogens with zero attached hydrogens (tertiary/aromatic N) is 3. The van der Waals surface area contributed by atoms with Gasteiger partial charge in [0.25, 0.3) is 11.5 Å². The van der Waals surface area contributed by atoms with Crippen LogP contribution in [0, 0.1) is 0 Å². The van der Waals surface area contributed by atoms with Gasteiger partial charge in [-0.1, -0.05) is 30.3 Å². The number of aromatic nitrogens is 2. The Morgan fingerprint density at radius 3 is 2.76 bits per heavy atom.